The number of benzene rings is 3. The van der Waals surface area contributed by atoms with Crippen LogP contribution in [0.1, 0.15) is 14.4 Å². The van der Waals surface area contributed by atoms with E-state index in [1.54, 1.807) is 41.3 Å². The molecule has 2 amide bonds. The molecule has 0 unspecified atom stereocenters. The first-order valence-electron chi connectivity index (χ1n) is 13.4. The summed E-state index contributed by atoms with van der Waals surface area (Å²) in [6.07, 6.45) is 0. The first kappa shape index (κ1) is 32.0. The molecule has 0 atom stereocenters. The highest BCUT2D eigenvalue weighted by molar-refractivity contribution is 7.92. The van der Waals surface area contributed by atoms with Gasteiger partial charge in [-0.2, -0.15) is 0 Å². The third-order valence-electron chi connectivity index (χ3n) is 6.80. The quantitative estimate of drug-likeness (QED) is 0.217. The van der Waals surface area contributed by atoms with Crippen LogP contribution < -0.4 is 20.1 Å². The van der Waals surface area contributed by atoms with E-state index in [9.17, 15) is 23.1 Å². The number of fused-ring (bicyclic) bond motifs is 1. The van der Waals surface area contributed by atoms with Crippen molar-refractivity contribution in [3.8, 4) is 11.5 Å². The van der Waals surface area contributed by atoms with Crippen LogP contribution in [0, 0.1) is 0 Å². The van der Waals surface area contributed by atoms with Gasteiger partial charge in [0.1, 0.15) is 11.5 Å². The van der Waals surface area contributed by atoms with Crippen molar-refractivity contribution in [3.05, 3.63) is 66.7 Å². The molecular weight excluding hydrogens is 586 g/mol. The molecule has 0 spiro atoms. The van der Waals surface area contributed by atoms with E-state index in [0.29, 0.717) is 54.3 Å². The van der Waals surface area contributed by atoms with Gasteiger partial charge < -0.3 is 25.4 Å². The number of nitrogens with one attached hydrogen (secondary N) is 3. The Morgan fingerprint density at radius 2 is 1.59 bits per heavy atom. The number of rotatable bonds is 9. The van der Waals surface area contributed by atoms with Crippen molar-refractivity contribution >= 4 is 55.9 Å². The van der Waals surface area contributed by atoms with Gasteiger partial charge in [-0.1, -0.05) is 25.6 Å². The normalized spacial score (nSPS) is 13.5. The fourth-order valence-corrected chi connectivity index (χ4v) is 5.67. The predicted octanol–water partition coefficient (Wildman–Crippen LogP) is 3.63. The largest absolute Gasteiger partial charge is 0.508 e. The van der Waals surface area contributed by atoms with Gasteiger partial charge >= 0.3 is 0 Å². The predicted molar refractivity (Wildman–Crippen MR) is 169 cm³/mol. The maximum absolute atomic E-state index is 13.5. The van der Waals surface area contributed by atoms with Crippen molar-refractivity contribution < 1.29 is 27.9 Å². The van der Waals surface area contributed by atoms with Crippen LogP contribution >= 0.6 is 0 Å². The number of anilines is 4. The van der Waals surface area contributed by atoms with Crippen molar-refractivity contribution in [2.24, 2.45) is 0 Å². The standard InChI is InChI=1S/C29H31N7O6S.CH4/c1-19(37)36-12-10-35(11-13-36)18-27(39)30-20-6-5-7-24(16-20)43(40,41)34-29-28(32-25-8-3-4-9-26(25)33-29)31-21-14-22(38)17-23(15-21)42-2;/h3-9,14-17,38H,10-13,18H2,1-2H3,(H,30,39)(H,31,32)(H,33,34);1H4. The molecule has 4 aromatic rings. The van der Waals surface area contributed by atoms with Gasteiger partial charge in [-0.3, -0.25) is 19.2 Å². The first-order chi connectivity index (χ1) is 20.6. The summed E-state index contributed by atoms with van der Waals surface area (Å²) in [5.41, 5.74) is 1.69. The number of phenols is 1. The van der Waals surface area contributed by atoms with Crippen LogP contribution in [0.5, 0.6) is 11.5 Å². The maximum atomic E-state index is 13.5. The van der Waals surface area contributed by atoms with Gasteiger partial charge in [0.15, 0.2) is 11.6 Å². The number of hydrogen-bond donors (Lipinski definition) is 4. The molecule has 13 nitrogen and oxygen atoms in total. The number of aromatic hydroxyl groups is 1. The fourth-order valence-electron chi connectivity index (χ4n) is 4.62. The van der Waals surface area contributed by atoms with E-state index in [1.165, 1.54) is 44.4 Å². The summed E-state index contributed by atoms with van der Waals surface area (Å²) in [6.45, 7) is 3.88. The van der Waals surface area contributed by atoms with Crippen molar-refractivity contribution in [1.82, 2.24) is 19.8 Å². The summed E-state index contributed by atoms with van der Waals surface area (Å²) in [5, 5.41) is 15.8. The molecule has 0 aliphatic carbocycles. The highest BCUT2D eigenvalue weighted by atomic mass is 32.2. The van der Waals surface area contributed by atoms with Crippen LogP contribution in [0.3, 0.4) is 0 Å². The highest BCUT2D eigenvalue weighted by Gasteiger charge is 2.22. The molecule has 0 radical (unpaired) electrons. The lowest BCUT2D eigenvalue weighted by Crippen LogP contribution is -2.49. The molecule has 3 aromatic carbocycles. The molecule has 1 saturated heterocycles. The number of ether oxygens (including phenoxy) is 1. The molecule has 14 heteroatoms. The van der Waals surface area contributed by atoms with Crippen LogP contribution in [0.25, 0.3) is 11.0 Å². The van der Waals surface area contributed by atoms with E-state index in [0.717, 1.165) is 0 Å². The molecule has 0 saturated carbocycles. The number of carbonyl (C=O) groups excluding carboxylic acids is 2. The monoisotopic (exact) mass is 621 g/mol. The number of aromatic nitrogens is 2. The van der Waals surface area contributed by atoms with Crippen LogP contribution in [0.15, 0.2) is 71.6 Å². The lowest BCUT2D eigenvalue weighted by molar-refractivity contribution is -0.130. The number of hydrogen-bond acceptors (Lipinski definition) is 10. The molecule has 232 valence electrons. The van der Waals surface area contributed by atoms with E-state index in [2.05, 4.69) is 25.3 Å². The minimum Gasteiger partial charge on any atom is -0.508 e. The Balaban J connectivity index is 0.00000442. The zero-order valence-electron chi connectivity index (χ0n) is 23.6. The topological polar surface area (TPSA) is 166 Å². The summed E-state index contributed by atoms with van der Waals surface area (Å²) >= 11 is 0. The van der Waals surface area contributed by atoms with Crippen molar-refractivity contribution in [3.63, 3.8) is 0 Å². The molecule has 1 aliphatic heterocycles. The molecule has 44 heavy (non-hydrogen) atoms. The average Bonchev–Trinajstić information content (AvgIpc) is 2.97. The van der Waals surface area contributed by atoms with E-state index < -0.39 is 10.0 Å². The summed E-state index contributed by atoms with van der Waals surface area (Å²) in [4.78, 5) is 36.9. The number of sulfonamides is 1. The SMILES string of the molecule is C.COc1cc(O)cc(Nc2nc3ccccc3nc2NS(=O)(=O)c2cccc(NC(=O)CN3CCN(C(C)=O)CC3)c2)c1. The van der Waals surface area contributed by atoms with Crippen molar-refractivity contribution in [2.75, 3.05) is 55.2 Å². The molecule has 1 aliphatic rings. The number of nitrogens with zero attached hydrogens (tertiary/aromatic N) is 4. The second kappa shape index (κ2) is 13.6. The summed E-state index contributed by atoms with van der Waals surface area (Å²) in [5.74, 6) is 0.0648. The molecular formula is C30H35N7O6S. The number of piperazine rings is 1. The number of para-hydroxylation sites is 2. The maximum Gasteiger partial charge on any atom is 0.263 e. The average molecular weight is 622 g/mol. The molecule has 5 rings (SSSR count). The van der Waals surface area contributed by atoms with Gasteiger partial charge in [-0.25, -0.2) is 18.4 Å². The summed E-state index contributed by atoms with van der Waals surface area (Å²) in [6, 6.07) is 17.4. The van der Waals surface area contributed by atoms with Gasteiger partial charge in [0.2, 0.25) is 11.8 Å². The molecule has 2 heterocycles. The van der Waals surface area contributed by atoms with Gasteiger partial charge in [0.25, 0.3) is 10.0 Å². The lowest BCUT2D eigenvalue weighted by atomic mass is 10.2. The smallest absolute Gasteiger partial charge is 0.263 e. The van der Waals surface area contributed by atoms with E-state index in [1.807, 2.05) is 4.90 Å². The van der Waals surface area contributed by atoms with Gasteiger partial charge in [-0.15, -0.1) is 0 Å². The molecule has 1 fully saturated rings. The van der Waals surface area contributed by atoms with Crippen molar-refractivity contribution in [1.29, 1.82) is 0 Å². The Morgan fingerprint density at radius 1 is 0.909 bits per heavy atom. The molecule has 0 bridgehead atoms. The van der Waals surface area contributed by atoms with Crippen molar-refractivity contribution in [2.45, 2.75) is 19.2 Å². The minimum atomic E-state index is -4.18. The van der Waals surface area contributed by atoms with Crippen LogP contribution in [-0.2, 0) is 19.6 Å². The van der Waals surface area contributed by atoms with E-state index >= 15 is 0 Å². The first-order valence-corrected chi connectivity index (χ1v) is 14.9. The lowest BCUT2D eigenvalue weighted by Gasteiger charge is -2.33. The van der Waals surface area contributed by atoms with E-state index in [4.69, 9.17) is 4.74 Å². The van der Waals surface area contributed by atoms with Gasteiger partial charge in [0.05, 0.1) is 29.6 Å². The van der Waals surface area contributed by atoms with Crippen LogP contribution in [0.4, 0.5) is 23.0 Å². The highest BCUT2D eigenvalue weighted by Crippen LogP contribution is 2.31. The summed E-state index contributed by atoms with van der Waals surface area (Å²) in [7, 11) is -2.72. The van der Waals surface area contributed by atoms with E-state index in [-0.39, 0.29) is 48.1 Å². The zero-order chi connectivity index (χ0) is 30.6. The van der Waals surface area contributed by atoms with Gasteiger partial charge in [-0.05, 0) is 30.3 Å². The second-order valence-corrected chi connectivity index (χ2v) is 11.6. The Labute approximate surface area is 255 Å². The Kier molecular flexibility index (Phi) is 9.86. The number of methoxy groups -OCH3 is 1. The number of phenolic OH excluding ortho intramolecular Hbond substituents is 1. The van der Waals surface area contributed by atoms with Crippen LogP contribution in [-0.4, -0.2) is 84.9 Å². The third-order valence-corrected chi connectivity index (χ3v) is 8.14. The minimum absolute atomic E-state index is 0. The molecule has 1 aromatic heterocycles. The fraction of sp³-hybridized carbons (Fsp3) is 0.267. The third kappa shape index (κ3) is 7.71. The Hall–Kier alpha value is -4.95. The number of amides is 2. The Morgan fingerprint density at radius 3 is 2.25 bits per heavy atom. The van der Waals surface area contributed by atoms with Gasteiger partial charge in [0, 0.05) is 62.7 Å². The molecule has 4 N–H and O–H groups in total. The number of carbonyl (C=O) groups is 2. The zero-order valence-corrected chi connectivity index (χ0v) is 24.4. The summed E-state index contributed by atoms with van der Waals surface area (Å²) < 4.78 is 34.8. The second-order valence-electron chi connectivity index (χ2n) is 9.92. The van der Waals surface area contributed by atoms with Crippen LogP contribution in [0.2, 0.25) is 0 Å². The Bertz CT molecular complexity index is 1780.